The molecule has 128 valence electrons. The lowest BCUT2D eigenvalue weighted by molar-refractivity contribution is 0.0895. The smallest absolute Gasteiger partial charge is 0.287 e. The van der Waals surface area contributed by atoms with Gasteiger partial charge in [0.2, 0.25) is 10.0 Å². The summed E-state index contributed by atoms with van der Waals surface area (Å²) in [6, 6.07) is 10.1. The summed E-state index contributed by atoms with van der Waals surface area (Å²) in [5.41, 5.74) is 0.789. The number of benzene rings is 1. The van der Waals surface area contributed by atoms with Gasteiger partial charge in [-0.2, -0.15) is 4.31 Å². The largest absolute Gasteiger partial charge is 0.459 e. The Bertz CT molecular complexity index is 806. The number of carbonyl (C=O) groups is 1. The lowest BCUT2D eigenvalue weighted by Gasteiger charge is -2.31. The molecule has 1 N–H and O–H groups in total. The molecule has 6 nitrogen and oxygen atoms in total. The number of nitrogens with zero attached hydrogens (tertiary/aromatic N) is 1. The summed E-state index contributed by atoms with van der Waals surface area (Å²) in [4.78, 5) is 12.5. The number of hydrogen-bond acceptors (Lipinski definition) is 4. The lowest BCUT2D eigenvalue weighted by atomic mass is 10.1. The van der Waals surface area contributed by atoms with E-state index in [9.17, 15) is 13.2 Å². The topological polar surface area (TPSA) is 79.6 Å². The lowest BCUT2D eigenvalue weighted by Crippen LogP contribution is -2.46. The molecule has 0 unspecified atom stereocenters. The summed E-state index contributed by atoms with van der Waals surface area (Å²) >= 11 is 0. The van der Waals surface area contributed by atoms with E-state index in [2.05, 4.69) is 5.32 Å². The Kier molecular flexibility index (Phi) is 4.73. The quantitative estimate of drug-likeness (QED) is 0.918. The molecule has 0 spiro atoms. The highest BCUT2D eigenvalue weighted by Crippen LogP contribution is 2.21. The fourth-order valence-corrected chi connectivity index (χ4v) is 4.33. The second kappa shape index (κ2) is 6.78. The van der Waals surface area contributed by atoms with Gasteiger partial charge in [0, 0.05) is 24.7 Å². The molecule has 1 amide bonds. The molecular weight excluding hydrogens is 328 g/mol. The number of amides is 1. The summed E-state index contributed by atoms with van der Waals surface area (Å²) in [7, 11) is -3.46. The maximum Gasteiger partial charge on any atom is 0.287 e. The van der Waals surface area contributed by atoms with Crippen LogP contribution in [0.25, 0.3) is 0 Å². The van der Waals surface area contributed by atoms with E-state index in [1.807, 2.05) is 6.92 Å². The number of furan rings is 1. The maximum absolute atomic E-state index is 12.6. The van der Waals surface area contributed by atoms with Crippen LogP contribution >= 0.6 is 0 Å². The summed E-state index contributed by atoms with van der Waals surface area (Å²) in [6.45, 7) is 2.59. The molecule has 1 aliphatic heterocycles. The van der Waals surface area contributed by atoms with Crippen molar-refractivity contribution >= 4 is 15.9 Å². The maximum atomic E-state index is 12.6. The average Bonchev–Trinajstić information content (AvgIpc) is 3.02. The monoisotopic (exact) mass is 348 g/mol. The van der Waals surface area contributed by atoms with Crippen LogP contribution in [0.1, 0.15) is 29.0 Å². The van der Waals surface area contributed by atoms with Crippen molar-refractivity contribution in [2.24, 2.45) is 0 Å². The molecule has 0 aliphatic carbocycles. The predicted molar refractivity (Wildman–Crippen MR) is 89.1 cm³/mol. The third kappa shape index (κ3) is 3.37. The number of hydrogen-bond donors (Lipinski definition) is 1. The summed E-state index contributed by atoms with van der Waals surface area (Å²) in [5, 5.41) is 2.92. The van der Waals surface area contributed by atoms with Crippen LogP contribution in [-0.2, 0) is 10.0 Å². The molecule has 1 fully saturated rings. The third-order valence-corrected chi connectivity index (χ3v) is 6.15. The van der Waals surface area contributed by atoms with Gasteiger partial charge >= 0.3 is 0 Å². The van der Waals surface area contributed by atoms with Crippen LogP contribution < -0.4 is 5.32 Å². The van der Waals surface area contributed by atoms with Crippen LogP contribution in [0.4, 0.5) is 0 Å². The van der Waals surface area contributed by atoms with Crippen LogP contribution in [0.5, 0.6) is 0 Å². The van der Waals surface area contributed by atoms with Gasteiger partial charge in [0.25, 0.3) is 5.91 Å². The molecule has 2 aromatic rings. The van der Waals surface area contributed by atoms with Crippen molar-refractivity contribution in [2.45, 2.75) is 30.7 Å². The molecule has 0 radical (unpaired) electrons. The molecule has 1 aromatic heterocycles. The normalized spacial score (nSPS) is 16.9. The molecular formula is C17H20N2O4S. The van der Waals surface area contributed by atoms with Gasteiger partial charge < -0.3 is 9.73 Å². The first-order chi connectivity index (χ1) is 11.5. The van der Waals surface area contributed by atoms with Gasteiger partial charge in [-0.3, -0.25) is 4.79 Å². The van der Waals surface area contributed by atoms with Gasteiger partial charge in [-0.05, 0) is 38.0 Å². The first-order valence-corrected chi connectivity index (χ1v) is 9.32. The molecule has 24 heavy (non-hydrogen) atoms. The van der Waals surface area contributed by atoms with E-state index in [1.54, 1.807) is 36.4 Å². The summed E-state index contributed by atoms with van der Waals surface area (Å²) in [5.74, 6) is 0.0659. The van der Waals surface area contributed by atoms with E-state index < -0.39 is 10.0 Å². The third-order valence-electron chi connectivity index (χ3n) is 4.24. The summed E-state index contributed by atoms with van der Waals surface area (Å²) < 4.78 is 31.8. The van der Waals surface area contributed by atoms with Gasteiger partial charge in [-0.25, -0.2) is 8.42 Å². The molecule has 1 saturated heterocycles. The molecule has 1 aliphatic rings. The zero-order chi connectivity index (χ0) is 17.2. The van der Waals surface area contributed by atoms with Gasteiger partial charge in [-0.15, -0.1) is 0 Å². The van der Waals surface area contributed by atoms with Crippen LogP contribution in [-0.4, -0.2) is 37.8 Å². The van der Waals surface area contributed by atoms with Crippen molar-refractivity contribution < 1.29 is 17.6 Å². The van der Waals surface area contributed by atoms with E-state index >= 15 is 0 Å². The van der Waals surface area contributed by atoms with Crippen molar-refractivity contribution in [2.75, 3.05) is 13.1 Å². The van der Waals surface area contributed by atoms with Crippen molar-refractivity contribution in [3.8, 4) is 0 Å². The Morgan fingerprint density at radius 2 is 1.83 bits per heavy atom. The Morgan fingerprint density at radius 3 is 2.42 bits per heavy atom. The highest BCUT2D eigenvalue weighted by atomic mass is 32.2. The first kappa shape index (κ1) is 16.7. The zero-order valence-corrected chi connectivity index (χ0v) is 14.3. The molecule has 2 heterocycles. The van der Waals surface area contributed by atoms with Crippen molar-refractivity contribution in [1.82, 2.24) is 9.62 Å². The van der Waals surface area contributed by atoms with E-state index in [0.717, 1.165) is 5.56 Å². The predicted octanol–water partition coefficient (Wildman–Crippen LogP) is 2.17. The zero-order valence-electron chi connectivity index (χ0n) is 13.4. The number of sulfonamides is 1. The number of rotatable bonds is 4. The van der Waals surface area contributed by atoms with Crippen molar-refractivity contribution in [1.29, 1.82) is 0 Å². The minimum absolute atomic E-state index is 0.0516. The van der Waals surface area contributed by atoms with Crippen LogP contribution in [0, 0.1) is 6.92 Å². The van der Waals surface area contributed by atoms with Gasteiger partial charge in [0.05, 0.1) is 11.2 Å². The number of nitrogens with one attached hydrogen (secondary N) is 1. The SMILES string of the molecule is Cc1ccoc1C(=O)NC1CCN(S(=O)(=O)c2ccccc2)CC1. The summed E-state index contributed by atoms with van der Waals surface area (Å²) in [6.07, 6.45) is 2.65. The van der Waals surface area contributed by atoms with Gasteiger partial charge in [-0.1, -0.05) is 18.2 Å². The minimum atomic E-state index is -3.46. The second-order valence-corrected chi connectivity index (χ2v) is 7.84. The number of aryl methyl sites for hydroxylation is 1. The van der Waals surface area contributed by atoms with Gasteiger partial charge in [0.15, 0.2) is 5.76 Å². The Morgan fingerprint density at radius 1 is 1.17 bits per heavy atom. The van der Waals surface area contributed by atoms with E-state index in [4.69, 9.17) is 4.42 Å². The number of carbonyl (C=O) groups excluding carboxylic acids is 1. The second-order valence-electron chi connectivity index (χ2n) is 5.90. The molecule has 0 atom stereocenters. The van der Waals surface area contributed by atoms with Crippen LogP contribution in [0.3, 0.4) is 0 Å². The average molecular weight is 348 g/mol. The molecule has 1 aromatic carbocycles. The minimum Gasteiger partial charge on any atom is -0.459 e. The highest BCUT2D eigenvalue weighted by Gasteiger charge is 2.30. The fraction of sp³-hybridized carbons (Fsp3) is 0.353. The van der Waals surface area contributed by atoms with Crippen molar-refractivity contribution in [3.63, 3.8) is 0 Å². The Balaban J connectivity index is 1.60. The molecule has 7 heteroatoms. The fourth-order valence-electron chi connectivity index (χ4n) is 2.84. The molecule has 0 saturated carbocycles. The standard InChI is InChI=1S/C17H20N2O4S/c1-13-9-12-23-16(13)17(20)18-14-7-10-19(11-8-14)24(21,22)15-5-3-2-4-6-15/h2-6,9,12,14H,7-8,10-11H2,1H3,(H,18,20). The van der Waals surface area contributed by atoms with E-state index in [1.165, 1.54) is 10.6 Å². The van der Waals surface area contributed by atoms with Crippen LogP contribution in [0.2, 0.25) is 0 Å². The van der Waals surface area contributed by atoms with E-state index in [0.29, 0.717) is 36.6 Å². The Labute approximate surface area is 141 Å². The van der Waals surface area contributed by atoms with Gasteiger partial charge in [0.1, 0.15) is 0 Å². The van der Waals surface area contributed by atoms with Crippen LogP contribution in [0.15, 0.2) is 52.0 Å². The molecule has 0 bridgehead atoms. The number of piperidine rings is 1. The highest BCUT2D eigenvalue weighted by molar-refractivity contribution is 7.89. The molecule has 3 rings (SSSR count). The van der Waals surface area contributed by atoms with Crippen molar-refractivity contribution in [3.05, 3.63) is 54.0 Å². The first-order valence-electron chi connectivity index (χ1n) is 7.88. The van der Waals surface area contributed by atoms with E-state index in [-0.39, 0.29) is 11.9 Å². The Hall–Kier alpha value is -2.12.